The number of allylic oxidation sites excluding steroid dienone is 1. The molecule has 3 aromatic rings. The van der Waals surface area contributed by atoms with Gasteiger partial charge in [-0.05, 0) is 42.5 Å². The molecule has 0 spiro atoms. The van der Waals surface area contributed by atoms with E-state index < -0.39 is 0 Å². The Morgan fingerprint density at radius 3 is 3.03 bits per heavy atom. The van der Waals surface area contributed by atoms with E-state index in [9.17, 15) is 9.65 Å². The van der Waals surface area contributed by atoms with Crippen molar-refractivity contribution in [3.05, 3.63) is 64.4 Å². The number of benzene rings is 1. The predicted octanol–water partition coefficient (Wildman–Crippen LogP) is 2.41. The number of nitrogens with one attached hydrogen (secondary N) is 3. The standard InChI is InChI=1S/C22H22FN7O/c23-19-5-4-14-2-1-3-16(14)17(19)11-27-22-28-12-18(20(6-7-24)26-8-9-31)21-29-15(10-25)13-30(21)22/h4-7,12-13,24,26,31H,1-3,8-9,11H2,(H,27,28)/b20-6-,24-7?. The largest absolute Gasteiger partial charge is 0.395 e. The van der Waals surface area contributed by atoms with Crippen LogP contribution in [0.1, 0.15) is 34.4 Å². The van der Waals surface area contributed by atoms with Crippen LogP contribution in [0.2, 0.25) is 0 Å². The van der Waals surface area contributed by atoms with Crippen LogP contribution < -0.4 is 10.6 Å². The minimum Gasteiger partial charge on any atom is -0.395 e. The van der Waals surface area contributed by atoms with E-state index in [2.05, 4.69) is 20.6 Å². The van der Waals surface area contributed by atoms with Crippen molar-refractivity contribution < 1.29 is 9.50 Å². The summed E-state index contributed by atoms with van der Waals surface area (Å²) in [5.41, 5.74) is 4.70. The fourth-order valence-corrected chi connectivity index (χ4v) is 3.94. The SMILES string of the molecule is N#Cc1cn2c(NCc3c(F)ccc4c3CCC4)ncc(/C(=C/C=N)NCCO)c2n1. The first kappa shape index (κ1) is 20.5. The van der Waals surface area contributed by atoms with Crippen LogP contribution in [0.25, 0.3) is 11.3 Å². The average molecular weight is 419 g/mol. The number of fused-ring (bicyclic) bond motifs is 2. The Hall–Kier alpha value is -3.77. The second-order valence-corrected chi connectivity index (χ2v) is 7.20. The molecule has 4 rings (SSSR count). The van der Waals surface area contributed by atoms with E-state index in [0.29, 0.717) is 28.4 Å². The van der Waals surface area contributed by atoms with Crippen LogP contribution in [0.5, 0.6) is 0 Å². The summed E-state index contributed by atoms with van der Waals surface area (Å²) in [6.07, 6.45) is 8.66. The smallest absolute Gasteiger partial charge is 0.208 e. The monoisotopic (exact) mass is 419 g/mol. The number of aryl methyl sites for hydroxylation is 1. The highest BCUT2D eigenvalue weighted by atomic mass is 19.1. The highest BCUT2D eigenvalue weighted by Gasteiger charge is 2.19. The summed E-state index contributed by atoms with van der Waals surface area (Å²) in [6, 6.07) is 5.40. The third kappa shape index (κ3) is 3.98. The molecule has 0 fully saturated rings. The lowest BCUT2D eigenvalue weighted by Crippen LogP contribution is -2.18. The number of rotatable bonds is 8. The van der Waals surface area contributed by atoms with Crippen LogP contribution in [0.3, 0.4) is 0 Å². The Labute approximate surface area is 178 Å². The number of hydrogen-bond donors (Lipinski definition) is 4. The van der Waals surface area contributed by atoms with Gasteiger partial charge in [-0.3, -0.25) is 4.40 Å². The van der Waals surface area contributed by atoms with E-state index in [1.54, 1.807) is 16.8 Å². The molecule has 2 aromatic heterocycles. The zero-order valence-electron chi connectivity index (χ0n) is 16.8. The van der Waals surface area contributed by atoms with Gasteiger partial charge in [0.25, 0.3) is 0 Å². The summed E-state index contributed by atoms with van der Waals surface area (Å²) < 4.78 is 16.2. The second-order valence-electron chi connectivity index (χ2n) is 7.20. The molecule has 1 aliphatic carbocycles. The van der Waals surface area contributed by atoms with Gasteiger partial charge in [-0.1, -0.05) is 6.07 Å². The van der Waals surface area contributed by atoms with Crippen LogP contribution in [-0.2, 0) is 19.4 Å². The van der Waals surface area contributed by atoms with Gasteiger partial charge < -0.3 is 21.1 Å². The number of aliphatic hydroxyl groups is 1. The number of nitrogens with zero attached hydrogens (tertiary/aromatic N) is 4. The van der Waals surface area contributed by atoms with Crippen molar-refractivity contribution in [3.63, 3.8) is 0 Å². The lowest BCUT2D eigenvalue weighted by molar-refractivity contribution is 0.299. The Balaban J connectivity index is 1.71. The molecule has 31 heavy (non-hydrogen) atoms. The molecule has 0 unspecified atom stereocenters. The van der Waals surface area contributed by atoms with Crippen molar-refractivity contribution in [2.75, 3.05) is 18.5 Å². The molecule has 0 amide bonds. The number of nitriles is 1. The summed E-state index contributed by atoms with van der Waals surface area (Å²) in [4.78, 5) is 8.83. The van der Waals surface area contributed by atoms with Gasteiger partial charge >= 0.3 is 0 Å². The molecule has 0 atom stereocenters. The second kappa shape index (κ2) is 8.93. The first-order chi connectivity index (χ1) is 15.2. The highest BCUT2D eigenvalue weighted by molar-refractivity contribution is 5.86. The summed E-state index contributed by atoms with van der Waals surface area (Å²) in [7, 11) is 0. The Morgan fingerprint density at radius 1 is 1.39 bits per heavy atom. The molecule has 0 saturated carbocycles. The predicted molar refractivity (Wildman–Crippen MR) is 115 cm³/mol. The third-order valence-corrected chi connectivity index (χ3v) is 5.34. The van der Waals surface area contributed by atoms with Gasteiger partial charge in [0.1, 0.15) is 11.9 Å². The van der Waals surface area contributed by atoms with E-state index in [1.165, 1.54) is 17.7 Å². The van der Waals surface area contributed by atoms with Crippen LogP contribution in [0, 0.1) is 22.6 Å². The molecule has 8 nitrogen and oxygen atoms in total. The summed E-state index contributed by atoms with van der Waals surface area (Å²) in [6.45, 7) is 0.474. The van der Waals surface area contributed by atoms with Gasteiger partial charge in [0.15, 0.2) is 11.3 Å². The quantitative estimate of drug-likeness (QED) is 0.416. The molecule has 2 heterocycles. The van der Waals surface area contributed by atoms with Gasteiger partial charge in [-0.15, -0.1) is 0 Å². The minimum absolute atomic E-state index is 0.0798. The number of imidazole rings is 1. The van der Waals surface area contributed by atoms with Crippen LogP contribution in [0.15, 0.2) is 30.6 Å². The minimum atomic E-state index is -0.242. The van der Waals surface area contributed by atoms with Crippen molar-refractivity contribution in [1.29, 1.82) is 10.7 Å². The molecule has 0 bridgehead atoms. The molecular formula is C22H22FN7O. The fraction of sp³-hybridized carbons (Fsp3) is 0.273. The van der Waals surface area contributed by atoms with Crippen molar-refractivity contribution in [2.45, 2.75) is 25.8 Å². The maximum absolute atomic E-state index is 14.5. The number of hydrogen-bond acceptors (Lipinski definition) is 7. The summed E-state index contributed by atoms with van der Waals surface area (Å²) in [5, 5.41) is 32.1. The molecule has 4 N–H and O–H groups in total. The molecule has 0 saturated heterocycles. The molecule has 1 aromatic carbocycles. The average Bonchev–Trinajstić information content (AvgIpc) is 3.43. The highest BCUT2D eigenvalue weighted by Crippen LogP contribution is 2.28. The molecular weight excluding hydrogens is 397 g/mol. The summed E-state index contributed by atoms with van der Waals surface area (Å²) >= 11 is 0. The van der Waals surface area contributed by atoms with Crippen molar-refractivity contribution in [2.24, 2.45) is 0 Å². The van der Waals surface area contributed by atoms with E-state index in [-0.39, 0.29) is 31.2 Å². The zero-order chi connectivity index (χ0) is 21.8. The number of aliphatic hydroxyl groups excluding tert-OH is 1. The van der Waals surface area contributed by atoms with Crippen molar-refractivity contribution in [1.82, 2.24) is 19.7 Å². The van der Waals surface area contributed by atoms with E-state index in [4.69, 9.17) is 10.5 Å². The van der Waals surface area contributed by atoms with E-state index >= 15 is 0 Å². The van der Waals surface area contributed by atoms with Gasteiger partial charge in [-0.2, -0.15) is 5.26 Å². The molecule has 0 aliphatic heterocycles. The van der Waals surface area contributed by atoms with E-state index in [1.807, 2.05) is 12.1 Å². The topological polar surface area (TPSA) is 122 Å². The molecule has 1 aliphatic rings. The molecule has 158 valence electrons. The van der Waals surface area contributed by atoms with Crippen LogP contribution >= 0.6 is 0 Å². The Morgan fingerprint density at radius 2 is 2.26 bits per heavy atom. The van der Waals surface area contributed by atoms with Crippen LogP contribution in [0.4, 0.5) is 10.3 Å². The maximum Gasteiger partial charge on any atom is 0.208 e. The van der Waals surface area contributed by atoms with Crippen molar-refractivity contribution >= 4 is 23.5 Å². The van der Waals surface area contributed by atoms with Gasteiger partial charge in [-0.25, -0.2) is 14.4 Å². The number of anilines is 1. The third-order valence-electron chi connectivity index (χ3n) is 5.34. The summed E-state index contributed by atoms with van der Waals surface area (Å²) in [5.74, 6) is 0.188. The van der Waals surface area contributed by atoms with E-state index in [0.717, 1.165) is 31.0 Å². The molecule has 0 radical (unpaired) electrons. The number of halogens is 1. The van der Waals surface area contributed by atoms with Gasteiger partial charge in [0.05, 0.1) is 18.4 Å². The first-order valence-corrected chi connectivity index (χ1v) is 10.0. The number of aromatic nitrogens is 3. The Kier molecular flexibility index (Phi) is 5.91. The first-order valence-electron chi connectivity index (χ1n) is 10.0. The maximum atomic E-state index is 14.5. The van der Waals surface area contributed by atoms with Crippen molar-refractivity contribution in [3.8, 4) is 6.07 Å². The van der Waals surface area contributed by atoms with Crippen LogP contribution in [-0.4, -0.2) is 38.8 Å². The fourth-order valence-electron chi connectivity index (χ4n) is 3.94. The zero-order valence-corrected chi connectivity index (χ0v) is 16.8. The van der Waals surface area contributed by atoms with Gasteiger partial charge in [0, 0.05) is 36.8 Å². The normalized spacial score (nSPS) is 13.1. The molecule has 9 heteroatoms. The lowest BCUT2D eigenvalue weighted by Gasteiger charge is -2.15. The Bertz CT molecular complexity index is 1210. The van der Waals surface area contributed by atoms with Gasteiger partial charge in [0.2, 0.25) is 5.95 Å². The lowest BCUT2D eigenvalue weighted by atomic mass is 10.0.